The number of hydrogen-bond donors (Lipinski definition) is 3. The van der Waals surface area contributed by atoms with E-state index in [1.807, 2.05) is 51.1 Å². The van der Waals surface area contributed by atoms with E-state index in [4.69, 9.17) is 24.7 Å². The van der Waals surface area contributed by atoms with Crippen LogP contribution in [-0.2, 0) is 13.6 Å². The fraction of sp³-hybridized carbons (Fsp3) is 0.417. The maximum Gasteiger partial charge on any atom is 0.334 e. The molecule has 2 aromatic carbocycles. The minimum absolute atomic E-state index is 0.254. The van der Waals surface area contributed by atoms with Crippen molar-refractivity contribution in [2.45, 2.75) is 40.5 Å². The molecule has 0 fully saturated rings. The molecule has 0 aliphatic heterocycles. The number of allylic oxidation sites excluding steroid dienone is 2. The molecule has 0 aromatic heterocycles. The van der Waals surface area contributed by atoms with Gasteiger partial charge in [0.25, 0.3) is 0 Å². The summed E-state index contributed by atoms with van der Waals surface area (Å²) in [6.07, 6.45) is 5.81. The molecule has 0 spiro atoms. The number of nitrogens with two attached hydrogens (primary N) is 1. The van der Waals surface area contributed by atoms with E-state index in [1.165, 1.54) is 12.1 Å². The summed E-state index contributed by atoms with van der Waals surface area (Å²) in [6, 6.07) is 10.0. The maximum absolute atomic E-state index is 12.3. The molecular weight excluding hydrogens is 473 g/mol. The van der Waals surface area contributed by atoms with Gasteiger partial charge in [-0.15, -0.1) is 0 Å². The number of unbranched alkanes of at least 4 members (excludes halogenated alkanes) is 1. The van der Waals surface area contributed by atoms with Gasteiger partial charge in [0, 0.05) is 6.07 Å². The molecule has 0 heterocycles. The number of hydrazine groups is 1. The Morgan fingerprint density at radius 3 is 2.29 bits per heavy atom. The van der Waals surface area contributed by atoms with Crippen LogP contribution >= 0.6 is 7.60 Å². The zero-order valence-electron chi connectivity index (χ0n) is 20.7. The lowest BCUT2D eigenvalue weighted by Gasteiger charge is -2.14. The second-order valence-electron chi connectivity index (χ2n) is 7.48. The van der Waals surface area contributed by atoms with Gasteiger partial charge in [-0.2, -0.15) is 0 Å². The molecule has 11 heteroatoms. The number of benzene rings is 2. The highest BCUT2D eigenvalue weighted by molar-refractivity contribution is 7.54. The molecule has 194 valence electrons. The van der Waals surface area contributed by atoms with Gasteiger partial charge < -0.3 is 24.3 Å². The van der Waals surface area contributed by atoms with E-state index < -0.39 is 12.5 Å². The Labute approximate surface area is 206 Å². The first-order chi connectivity index (χ1) is 16.7. The number of nitro benzene ring substituents is 1. The zero-order valence-corrected chi connectivity index (χ0v) is 21.6. The molecule has 0 aliphatic rings. The summed E-state index contributed by atoms with van der Waals surface area (Å²) in [6.45, 7) is 8.72. The van der Waals surface area contributed by atoms with Crippen molar-refractivity contribution in [3.8, 4) is 11.5 Å². The number of phenols is 1. The fourth-order valence-corrected chi connectivity index (χ4v) is 4.38. The number of rotatable bonds is 13. The monoisotopic (exact) mass is 509 g/mol. The number of aryl methyl sites for hydroxylation is 2. The predicted octanol–water partition coefficient (Wildman–Crippen LogP) is 5.87. The standard InChI is InChI=1S/C17H29N2O4P.C7H7NO3/c1-4-22-24(20,23-5-2)13-9-7-6-8-12-21-17-14-15(3)10-11-16(17)19-18;1-5-2-3-6(8(10)11)7(9)4-5/h7,9-11,14,19H,4-6,8,12-13,18H2,1-3H3;2-4,9H,1H3/b9-7+;. The normalized spacial score (nSPS) is 11.1. The maximum atomic E-state index is 12.3. The largest absolute Gasteiger partial charge is 0.502 e. The van der Waals surface area contributed by atoms with E-state index >= 15 is 0 Å². The molecule has 0 unspecified atom stereocenters. The average Bonchev–Trinajstić information content (AvgIpc) is 2.79. The summed E-state index contributed by atoms with van der Waals surface area (Å²) in [5, 5.41) is 19.2. The summed E-state index contributed by atoms with van der Waals surface area (Å²) >= 11 is 0. The third-order valence-electron chi connectivity index (χ3n) is 4.54. The van der Waals surface area contributed by atoms with Crippen molar-refractivity contribution in [3.63, 3.8) is 0 Å². The third kappa shape index (κ3) is 11.4. The van der Waals surface area contributed by atoms with Crippen LogP contribution < -0.4 is 16.0 Å². The molecule has 2 rings (SSSR count). The molecular formula is C24H36N3O7P. The van der Waals surface area contributed by atoms with Gasteiger partial charge in [-0.1, -0.05) is 24.3 Å². The second-order valence-corrected chi connectivity index (χ2v) is 9.59. The highest BCUT2D eigenvalue weighted by Crippen LogP contribution is 2.47. The average molecular weight is 510 g/mol. The van der Waals surface area contributed by atoms with Gasteiger partial charge in [0.05, 0.1) is 36.6 Å². The lowest BCUT2D eigenvalue weighted by atomic mass is 10.2. The van der Waals surface area contributed by atoms with E-state index in [9.17, 15) is 14.7 Å². The third-order valence-corrected chi connectivity index (χ3v) is 6.50. The Bertz CT molecular complexity index is 1000. The van der Waals surface area contributed by atoms with Gasteiger partial charge in [0.1, 0.15) is 5.75 Å². The lowest BCUT2D eigenvalue weighted by Crippen LogP contribution is -2.09. The highest BCUT2D eigenvalue weighted by Gasteiger charge is 2.20. The van der Waals surface area contributed by atoms with Gasteiger partial charge in [0.2, 0.25) is 0 Å². The second kappa shape index (κ2) is 15.9. The molecule has 10 nitrogen and oxygen atoms in total. The van der Waals surface area contributed by atoms with Gasteiger partial charge in [-0.25, -0.2) is 0 Å². The quantitative estimate of drug-likeness (QED) is 0.0753. The van der Waals surface area contributed by atoms with E-state index in [2.05, 4.69) is 5.43 Å². The number of aromatic hydroxyl groups is 1. The molecule has 0 amide bonds. The summed E-state index contributed by atoms with van der Waals surface area (Å²) in [7, 11) is -2.98. The molecule has 0 saturated carbocycles. The highest BCUT2D eigenvalue weighted by atomic mass is 31.2. The van der Waals surface area contributed by atoms with Crippen molar-refractivity contribution >= 4 is 19.0 Å². The zero-order chi connectivity index (χ0) is 26.3. The molecule has 0 aliphatic carbocycles. The van der Waals surface area contributed by atoms with Gasteiger partial charge in [-0.3, -0.25) is 20.5 Å². The van der Waals surface area contributed by atoms with Crippen molar-refractivity contribution in [1.29, 1.82) is 0 Å². The molecule has 0 radical (unpaired) electrons. The minimum atomic E-state index is -2.98. The number of nitro groups is 1. The fourth-order valence-electron chi connectivity index (χ4n) is 2.90. The van der Waals surface area contributed by atoms with Crippen LogP contribution in [0.25, 0.3) is 0 Å². The Morgan fingerprint density at radius 1 is 1.09 bits per heavy atom. The lowest BCUT2D eigenvalue weighted by molar-refractivity contribution is -0.385. The van der Waals surface area contributed by atoms with Crippen molar-refractivity contribution in [2.24, 2.45) is 5.84 Å². The van der Waals surface area contributed by atoms with Gasteiger partial charge in [0.15, 0.2) is 5.75 Å². The van der Waals surface area contributed by atoms with Crippen LogP contribution in [0.2, 0.25) is 0 Å². The van der Waals surface area contributed by atoms with Crippen LogP contribution in [-0.4, -0.2) is 36.0 Å². The molecule has 4 N–H and O–H groups in total. The first-order valence-electron chi connectivity index (χ1n) is 11.3. The number of hydrogen-bond acceptors (Lipinski definition) is 9. The van der Waals surface area contributed by atoms with Crippen molar-refractivity contribution in [2.75, 3.05) is 31.4 Å². The van der Waals surface area contributed by atoms with Crippen LogP contribution in [0.15, 0.2) is 48.6 Å². The number of ether oxygens (including phenoxy) is 1. The van der Waals surface area contributed by atoms with Crippen LogP contribution in [0.5, 0.6) is 11.5 Å². The molecule has 0 bridgehead atoms. The van der Waals surface area contributed by atoms with E-state index in [0.29, 0.717) is 26.0 Å². The Balaban J connectivity index is 0.000000462. The molecule has 0 atom stereocenters. The first kappa shape index (κ1) is 30.1. The number of nitrogen functional groups attached to an aromatic ring is 1. The van der Waals surface area contributed by atoms with Crippen LogP contribution in [0, 0.1) is 24.0 Å². The molecule has 0 saturated heterocycles. The Kier molecular flexibility index (Phi) is 13.7. The van der Waals surface area contributed by atoms with Crippen molar-refractivity contribution in [3.05, 3.63) is 69.8 Å². The first-order valence-corrected chi connectivity index (χ1v) is 13.1. The van der Waals surface area contributed by atoms with E-state index in [-0.39, 0.29) is 11.4 Å². The number of anilines is 1. The summed E-state index contributed by atoms with van der Waals surface area (Å²) < 4.78 is 28.5. The Morgan fingerprint density at radius 2 is 1.71 bits per heavy atom. The minimum Gasteiger partial charge on any atom is -0.502 e. The van der Waals surface area contributed by atoms with Crippen LogP contribution in [0.3, 0.4) is 0 Å². The van der Waals surface area contributed by atoms with Crippen LogP contribution in [0.1, 0.15) is 37.8 Å². The number of nitrogens with one attached hydrogen (secondary N) is 1. The smallest absolute Gasteiger partial charge is 0.334 e. The van der Waals surface area contributed by atoms with E-state index in [0.717, 1.165) is 35.4 Å². The molecule has 2 aromatic rings. The summed E-state index contributed by atoms with van der Waals surface area (Å²) in [5.41, 5.74) is 5.06. The van der Waals surface area contributed by atoms with Crippen LogP contribution in [0.4, 0.5) is 11.4 Å². The van der Waals surface area contributed by atoms with Crippen molar-refractivity contribution in [1.82, 2.24) is 0 Å². The topological polar surface area (TPSA) is 146 Å². The van der Waals surface area contributed by atoms with Crippen molar-refractivity contribution < 1.29 is 28.4 Å². The number of nitrogens with zero attached hydrogens (tertiary/aromatic N) is 1. The number of phenolic OH excluding ortho intramolecular Hbond substituents is 1. The van der Waals surface area contributed by atoms with Gasteiger partial charge >= 0.3 is 13.3 Å². The summed E-state index contributed by atoms with van der Waals surface area (Å²) in [5.74, 6) is 5.94. The summed E-state index contributed by atoms with van der Waals surface area (Å²) in [4.78, 5) is 9.56. The molecule has 35 heavy (non-hydrogen) atoms. The SMILES string of the molecule is CCOP(=O)(C/C=C/CCCOc1cc(C)ccc1NN)OCC.Cc1ccc([N+](=O)[O-])c(O)c1. The van der Waals surface area contributed by atoms with E-state index in [1.54, 1.807) is 13.0 Å². The Hall–Kier alpha value is -2.91. The predicted molar refractivity (Wildman–Crippen MR) is 138 cm³/mol. The van der Waals surface area contributed by atoms with Gasteiger partial charge in [-0.05, 0) is 69.9 Å².